The first kappa shape index (κ1) is 12.1. The maximum absolute atomic E-state index is 11.8. The number of nitrogens with two attached hydrogens (primary N) is 1. The highest BCUT2D eigenvalue weighted by molar-refractivity contribution is 5.43. The first-order valence-corrected chi connectivity index (χ1v) is 5.82. The molecule has 0 bridgehead atoms. The van der Waals surface area contributed by atoms with Gasteiger partial charge in [-0.3, -0.25) is 4.79 Å². The van der Waals surface area contributed by atoms with Crippen LogP contribution in [-0.4, -0.2) is 42.1 Å². The van der Waals surface area contributed by atoms with E-state index in [2.05, 4.69) is 10.00 Å². The van der Waals surface area contributed by atoms with E-state index in [1.165, 1.54) is 4.68 Å². The third kappa shape index (κ3) is 3.04. The minimum absolute atomic E-state index is 0.0746. The number of morpholine rings is 1. The maximum atomic E-state index is 11.8. The summed E-state index contributed by atoms with van der Waals surface area (Å²) >= 11 is 0. The molecule has 6 heteroatoms. The van der Waals surface area contributed by atoms with Crippen LogP contribution in [0.1, 0.15) is 6.92 Å². The Kier molecular flexibility index (Phi) is 3.75. The van der Waals surface area contributed by atoms with E-state index in [1.807, 2.05) is 6.92 Å². The SMILES string of the molecule is C[C@H](N)Cn1ncc(N2CCOCC2)cc1=O. The van der Waals surface area contributed by atoms with Crippen molar-refractivity contribution in [1.29, 1.82) is 0 Å². The van der Waals surface area contributed by atoms with Crippen LogP contribution in [0.25, 0.3) is 0 Å². The van der Waals surface area contributed by atoms with E-state index in [4.69, 9.17) is 10.5 Å². The van der Waals surface area contributed by atoms with Crippen LogP contribution in [0.2, 0.25) is 0 Å². The second kappa shape index (κ2) is 5.29. The lowest BCUT2D eigenvalue weighted by atomic mass is 10.3. The van der Waals surface area contributed by atoms with Crippen LogP contribution in [0.15, 0.2) is 17.1 Å². The summed E-state index contributed by atoms with van der Waals surface area (Å²) in [6.07, 6.45) is 1.72. The summed E-state index contributed by atoms with van der Waals surface area (Å²) in [5.74, 6) is 0. The van der Waals surface area contributed by atoms with Gasteiger partial charge in [0.25, 0.3) is 5.56 Å². The summed E-state index contributed by atoms with van der Waals surface area (Å²) in [5, 5.41) is 4.14. The zero-order chi connectivity index (χ0) is 12.3. The van der Waals surface area contributed by atoms with Gasteiger partial charge >= 0.3 is 0 Å². The lowest BCUT2D eigenvalue weighted by Gasteiger charge is -2.28. The highest BCUT2D eigenvalue weighted by Gasteiger charge is 2.12. The molecule has 1 atom stereocenters. The van der Waals surface area contributed by atoms with E-state index < -0.39 is 0 Å². The second-order valence-electron chi connectivity index (χ2n) is 4.31. The number of nitrogens with zero attached hydrogens (tertiary/aromatic N) is 3. The molecule has 6 nitrogen and oxygen atoms in total. The summed E-state index contributed by atoms with van der Waals surface area (Å²) in [5.41, 5.74) is 6.40. The molecule has 1 fully saturated rings. The van der Waals surface area contributed by atoms with E-state index in [9.17, 15) is 4.79 Å². The van der Waals surface area contributed by atoms with E-state index in [0.717, 1.165) is 18.8 Å². The van der Waals surface area contributed by atoms with Gasteiger partial charge in [-0.2, -0.15) is 5.10 Å². The van der Waals surface area contributed by atoms with Gasteiger partial charge in [0.05, 0.1) is 31.6 Å². The minimum Gasteiger partial charge on any atom is -0.378 e. The molecule has 0 radical (unpaired) electrons. The Hall–Kier alpha value is -1.40. The van der Waals surface area contributed by atoms with Gasteiger partial charge in [0.2, 0.25) is 0 Å². The summed E-state index contributed by atoms with van der Waals surface area (Å²) in [7, 11) is 0. The molecule has 2 rings (SSSR count). The van der Waals surface area contributed by atoms with Crippen molar-refractivity contribution in [2.24, 2.45) is 5.73 Å². The Bertz CT molecular complexity index is 424. The summed E-state index contributed by atoms with van der Waals surface area (Å²) in [4.78, 5) is 13.9. The van der Waals surface area contributed by atoms with Crippen molar-refractivity contribution < 1.29 is 4.74 Å². The van der Waals surface area contributed by atoms with Gasteiger partial charge in [-0.1, -0.05) is 0 Å². The summed E-state index contributed by atoms with van der Waals surface area (Å²) in [6, 6.07) is 1.54. The molecule has 94 valence electrons. The van der Waals surface area contributed by atoms with Crippen LogP contribution in [-0.2, 0) is 11.3 Å². The molecule has 0 aromatic carbocycles. The standard InChI is InChI=1S/C11H18N4O2/c1-9(12)8-15-11(16)6-10(7-13-15)14-2-4-17-5-3-14/h6-7,9H,2-5,8,12H2,1H3/t9-/m0/s1. The van der Waals surface area contributed by atoms with Gasteiger partial charge in [-0.15, -0.1) is 0 Å². The van der Waals surface area contributed by atoms with Crippen molar-refractivity contribution in [1.82, 2.24) is 9.78 Å². The first-order chi connectivity index (χ1) is 8.16. The van der Waals surface area contributed by atoms with Crippen LogP contribution in [0, 0.1) is 0 Å². The largest absolute Gasteiger partial charge is 0.378 e. The number of aromatic nitrogens is 2. The van der Waals surface area contributed by atoms with Crippen molar-refractivity contribution in [2.75, 3.05) is 31.2 Å². The predicted molar refractivity (Wildman–Crippen MR) is 65.2 cm³/mol. The quantitative estimate of drug-likeness (QED) is 0.763. The smallest absolute Gasteiger partial charge is 0.268 e. The lowest BCUT2D eigenvalue weighted by Crippen LogP contribution is -2.38. The molecule has 2 heterocycles. The molecule has 1 aromatic heterocycles. The van der Waals surface area contributed by atoms with Crippen LogP contribution in [0.5, 0.6) is 0 Å². The highest BCUT2D eigenvalue weighted by atomic mass is 16.5. The number of anilines is 1. The third-order valence-electron chi connectivity index (χ3n) is 2.69. The molecule has 0 spiro atoms. The molecular formula is C11H18N4O2. The number of hydrogen-bond donors (Lipinski definition) is 1. The molecule has 1 aliphatic heterocycles. The van der Waals surface area contributed by atoms with Crippen LogP contribution in [0.3, 0.4) is 0 Å². The van der Waals surface area contributed by atoms with Gasteiger partial charge in [-0.25, -0.2) is 4.68 Å². The molecule has 0 unspecified atom stereocenters. The average Bonchev–Trinajstić information content (AvgIpc) is 2.32. The zero-order valence-electron chi connectivity index (χ0n) is 10.0. The maximum Gasteiger partial charge on any atom is 0.268 e. The van der Waals surface area contributed by atoms with Crippen molar-refractivity contribution >= 4 is 5.69 Å². The molecule has 0 saturated carbocycles. The van der Waals surface area contributed by atoms with E-state index in [0.29, 0.717) is 19.8 Å². The van der Waals surface area contributed by atoms with Crippen LogP contribution in [0.4, 0.5) is 5.69 Å². The Morgan fingerprint density at radius 2 is 2.24 bits per heavy atom. The predicted octanol–water partition coefficient (Wildman–Crippen LogP) is -0.573. The molecule has 1 saturated heterocycles. The van der Waals surface area contributed by atoms with Crippen LogP contribution >= 0.6 is 0 Å². The third-order valence-corrected chi connectivity index (χ3v) is 2.69. The fourth-order valence-corrected chi connectivity index (χ4v) is 1.83. The monoisotopic (exact) mass is 238 g/mol. The lowest BCUT2D eigenvalue weighted by molar-refractivity contribution is 0.122. The Morgan fingerprint density at radius 3 is 2.82 bits per heavy atom. The Morgan fingerprint density at radius 1 is 1.53 bits per heavy atom. The molecule has 17 heavy (non-hydrogen) atoms. The van der Waals surface area contributed by atoms with Gasteiger partial charge < -0.3 is 15.4 Å². The van der Waals surface area contributed by atoms with Gasteiger partial charge in [0.15, 0.2) is 0 Å². The Balaban J connectivity index is 2.15. The summed E-state index contributed by atoms with van der Waals surface area (Å²) < 4.78 is 6.66. The minimum atomic E-state index is -0.105. The zero-order valence-corrected chi connectivity index (χ0v) is 10.0. The molecular weight excluding hydrogens is 220 g/mol. The van der Waals surface area contributed by atoms with Crippen molar-refractivity contribution in [3.8, 4) is 0 Å². The second-order valence-corrected chi connectivity index (χ2v) is 4.31. The van der Waals surface area contributed by atoms with Crippen molar-refractivity contribution in [3.05, 3.63) is 22.6 Å². The normalized spacial score (nSPS) is 18.1. The molecule has 2 N–H and O–H groups in total. The summed E-state index contributed by atoms with van der Waals surface area (Å²) in [6.45, 7) is 5.30. The van der Waals surface area contributed by atoms with Crippen molar-refractivity contribution in [2.45, 2.75) is 19.5 Å². The topological polar surface area (TPSA) is 73.4 Å². The van der Waals surface area contributed by atoms with E-state index >= 15 is 0 Å². The van der Waals surface area contributed by atoms with E-state index in [-0.39, 0.29) is 11.6 Å². The van der Waals surface area contributed by atoms with E-state index in [1.54, 1.807) is 12.3 Å². The number of hydrogen-bond acceptors (Lipinski definition) is 5. The molecule has 1 aliphatic rings. The van der Waals surface area contributed by atoms with Crippen molar-refractivity contribution in [3.63, 3.8) is 0 Å². The first-order valence-electron chi connectivity index (χ1n) is 5.82. The fourth-order valence-electron chi connectivity index (χ4n) is 1.83. The number of rotatable bonds is 3. The molecule has 0 amide bonds. The average molecular weight is 238 g/mol. The molecule has 0 aliphatic carbocycles. The van der Waals surface area contributed by atoms with Gasteiger partial charge in [-0.05, 0) is 6.92 Å². The Labute approximate surface area is 100.0 Å². The fraction of sp³-hybridized carbons (Fsp3) is 0.636. The van der Waals surface area contributed by atoms with Gasteiger partial charge in [0.1, 0.15) is 0 Å². The van der Waals surface area contributed by atoms with Gasteiger partial charge in [0, 0.05) is 25.2 Å². The highest BCUT2D eigenvalue weighted by Crippen LogP contribution is 2.11. The van der Waals surface area contributed by atoms with Crippen LogP contribution < -0.4 is 16.2 Å². The molecule has 1 aromatic rings. The number of ether oxygens (including phenoxy) is 1.